The molecule has 0 aliphatic carbocycles. The molecule has 2 aromatic carbocycles. The van der Waals surface area contributed by atoms with Crippen molar-refractivity contribution >= 4 is 37.2 Å². The molecule has 0 saturated heterocycles. The van der Waals surface area contributed by atoms with Gasteiger partial charge < -0.3 is 9.47 Å². The Morgan fingerprint density at radius 3 is 1.55 bits per heavy atom. The lowest BCUT2D eigenvalue weighted by Gasteiger charge is -2.27. The Kier molecular flexibility index (Phi) is 9.51. The summed E-state index contributed by atoms with van der Waals surface area (Å²) in [6.45, 7) is 8.13. The average molecular weight is 461 g/mol. The van der Waals surface area contributed by atoms with Crippen LogP contribution in [-0.4, -0.2) is 22.4 Å². The van der Waals surface area contributed by atoms with Crippen LogP contribution in [0.5, 0.6) is 11.5 Å². The molecule has 6 heteroatoms. The van der Waals surface area contributed by atoms with Gasteiger partial charge in [0.2, 0.25) is 0 Å². The molecule has 0 aromatic heterocycles. The van der Waals surface area contributed by atoms with Crippen molar-refractivity contribution < 1.29 is 19.1 Å². The Morgan fingerprint density at radius 2 is 1.19 bits per heavy atom. The molecule has 4 nitrogen and oxygen atoms in total. The van der Waals surface area contributed by atoms with Crippen molar-refractivity contribution in [2.24, 2.45) is 0 Å². The first kappa shape index (κ1) is 25.3. The third-order valence-corrected chi connectivity index (χ3v) is 6.42. The van der Waals surface area contributed by atoms with E-state index in [0.717, 1.165) is 24.0 Å². The molecule has 168 valence electrons. The van der Waals surface area contributed by atoms with Gasteiger partial charge in [-0.15, -0.1) is 0 Å². The van der Waals surface area contributed by atoms with E-state index < -0.39 is 5.41 Å². The summed E-state index contributed by atoms with van der Waals surface area (Å²) in [7, 11) is 0. The van der Waals surface area contributed by atoms with Crippen LogP contribution in [0.3, 0.4) is 0 Å². The van der Waals surface area contributed by atoms with E-state index in [4.69, 9.17) is 9.47 Å². The standard InChI is InChI=1S/C25H32O4S2/c1-5-21(30)15-23(26)28-19-11-7-9-17(13-19)25(3,4)18-10-8-12-20(14-18)29-24(27)16-22(31)6-2/h7-14,21-22,30-31H,5-6,15-16H2,1-4H3. The van der Waals surface area contributed by atoms with Crippen molar-refractivity contribution in [2.75, 3.05) is 0 Å². The van der Waals surface area contributed by atoms with Gasteiger partial charge in [-0.25, -0.2) is 0 Å². The van der Waals surface area contributed by atoms with Gasteiger partial charge in [-0.05, 0) is 48.2 Å². The quantitative estimate of drug-likeness (QED) is 0.259. The summed E-state index contributed by atoms with van der Waals surface area (Å²) in [4.78, 5) is 24.3. The zero-order chi connectivity index (χ0) is 23.0. The minimum atomic E-state index is -0.393. The molecule has 0 fully saturated rings. The van der Waals surface area contributed by atoms with Gasteiger partial charge in [0.1, 0.15) is 11.5 Å². The second kappa shape index (κ2) is 11.6. The van der Waals surface area contributed by atoms with Crippen LogP contribution >= 0.6 is 25.3 Å². The van der Waals surface area contributed by atoms with Crippen molar-refractivity contribution in [2.45, 2.75) is 69.3 Å². The molecule has 0 aliphatic heterocycles. The molecule has 0 saturated carbocycles. The molecule has 0 radical (unpaired) electrons. The highest BCUT2D eigenvalue weighted by atomic mass is 32.1. The molecule has 2 rings (SSSR count). The first-order valence-electron chi connectivity index (χ1n) is 10.6. The molecule has 0 amide bonds. The fourth-order valence-electron chi connectivity index (χ4n) is 3.08. The lowest BCUT2D eigenvalue weighted by Crippen LogP contribution is -2.20. The highest BCUT2D eigenvalue weighted by molar-refractivity contribution is 7.81. The normalized spacial score (nSPS) is 13.4. The van der Waals surface area contributed by atoms with E-state index in [9.17, 15) is 9.59 Å². The van der Waals surface area contributed by atoms with E-state index in [2.05, 4.69) is 39.1 Å². The number of hydrogen-bond acceptors (Lipinski definition) is 6. The van der Waals surface area contributed by atoms with Crippen LogP contribution < -0.4 is 9.47 Å². The van der Waals surface area contributed by atoms with Crippen LogP contribution in [0.15, 0.2) is 48.5 Å². The van der Waals surface area contributed by atoms with Crippen LogP contribution in [0.4, 0.5) is 0 Å². The molecule has 0 N–H and O–H groups in total. The molecule has 2 aromatic rings. The van der Waals surface area contributed by atoms with Crippen molar-refractivity contribution in [1.82, 2.24) is 0 Å². The monoisotopic (exact) mass is 460 g/mol. The Labute approximate surface area is 196 Å². The van der Waals surface area contributed by atoms with Gasteiger partial charge in [0.05, 0.1) is 12.8 Å². The number of carbonyl (C=O) groups excluding carboxylic acids is 2. The number of carbonyl (C=O) groups is 2. The molecule has 2 atom stereocenters. The molecular formula is C25H32O4S2. The largest absolute Gasteiger partial charge is 0.426 e. The maximum atomic E-state index is 12.1. The van der Waals surface area contributed by atoms with E-state index in [1.807, 2.05) is 50.2 Å². The zero-order valence-electron chi connectivity index (χ0n) is 18.6. The summed E-state index contributed by atoms with van der Waals surface area (Å²) < 4.78 is 11.0. The van der Waals surface area contributed by atoms with Crippen LogP contribution in [0.2, 0.25) is 0 Å². The Morgan fingerprint density at radius 1 is 0.806 bits per heavy atom. The van der Waals surface area contributed by atoms with Gasteiger partial charge in [0, 0.05) is 15.9 Å². The van der Waals surface area contributed by atoms with E-state index in [-0.39, 0.29) is 35.3 Å². The van der Waals surface area contributed by atoms with E-state index in [1.54, 1.807) is 12.1 Å². The fourth-order valence-corrected chi connectivity index (χ4v) is 3.38. The summed E-state index contributed by atoms with van der Waals surface area (Å²) in [6, 6.07) is 15.0. The number of esters is 2. The second-order valence-corrected chi connectivity index (χ2v) is 9.62. The highest BCUT2D eigenvalue weighted by Gasteiger charge is 2.25. The molecule has 2 unspecified atom stereocenters. The molecular weight excluding hydrogens is 428 g/mol. The predicted octanol–water partition coefficient (Wildman–Crippen LogP) is 6.02. The van der Waals surface area contributed by atoms with Gasteiger partial charge >= 0.3 is 11.9 Å². The van der Waals surface area contributed by atoms with Crippen molar-refractivity contribution in [3.8, 4) is 11.5 Å². The van der Waals surface area contributed by atoms with E-state index in [0.29, 0.717) is 11.5 Å². The average Bonchev–Trinajstić information content (AvgIpc) is 2.73. The van der Waals surface area contributed by atoms with Crippen LogP contribution in [-0.2, 0) is 15.0 Å². The van der Waals surface area contributed by atoms with E-state index >= 15 is 0 Å². The van der Waals surface area contributed by atoms with E-state index in [1.165, 1.54) is 0 Å². The number of ether oxygens (including phenoxy) is 2. The topological polar surface area (TPSA) is 52.6 Å². The number of rotatable bonds is 10. The van der Waals surface area contributed by atoms with Gasteiger partial charge in [-0.3, -0.25) is 9.59 Å². The Balaban J connectivity index is 2.18. The van der Waals surface area contributed by atoms with Gasteiger partial charge in [-0.2, -0.15) is 25.3 Å². The minimum Gasteiger partial charge on any atom is -0.426 e. The van der Waals surface area contributed by atoms with Crippen LogP contribution in [0.25, 0.3) is 0 Å². The smallest absolute Gasteiger partial charge is 0.312 e. The Hall–Kier alpha value is -1.92. The molecule has 0 bridgehead atoms. The fraction of sp³-hybridized carbons (Fsp3) is 0.440. The van der Waals surface area contributed by atoms with Crippen molar-refractivity contribution in [3.05, 3.63) is 59.7 Å². The number of thiol groups is 2. The molecule has 0 heterocycles. The van der Waals surface area contributed by atoms with Crippen molar-refractivity contribution in [3.63, 3.8) is 0 Å². The summed E-state index contributed by atoms with van der Waals surface area (Å²) in [5, 5.41) is -0.0135. The van der Waals surface area contributed by atoms with Crippen LogP contribution in [0, 0.1) is 0 Å². The lowest BCUT2D eigenvalue weighted by atomic mass is 9.78. The zero-order valence-corrected chi connectivity index (χ0v) is 20.4. The van der Waals surface area contributed by atoms with Crippen LogP contribution in [0.1, 0.15) is 64.5 Å². The molecule has 0 spiro atoms. The van der Waals surface area contributed by atoms with Gasteiger partial charge in [-0.1, -0.05) is 52.0 Å². The first-order chi connectivity index (χ1) is 14.6. The maximum absolute atomic E-state index is 12.1. The summed E-state index contributed by atoms with van der Waals surface area (Å²) in [6.07, 6.45) is 2.15. The molecule has 31 heavy (non-hydrogen) atoms. The Bertz CT molecular complexity index is 823. The third-order valence-electron chi connectivity index (χ3n) is 5.32. The molecule has 0 aliphatic rings. The maximum Gasteiger partial charge on any atom is 0.312 e. The number of hydrogen-bond donors (Lipinski definition) is 2. The first-order valence-corrected chi connectivity index (χ1v) is 11.7. The van der Waals surface area contributed by atoms with Gasteiger partial charge in [0.25, 0.3) is 0 Å². The van der Waals surface area contributed by atoms with Crippen molar-refractivity contribution in [1.29, 1.82) is 0 Å². The third kappa shape index (κ3) is 7.62. The lowest BCUT2D eigenvalue weighted by molar-refractivity contribution is -0.135. The minimum absolute atomic E-state index is 0.00673. The predicted molar refractivity (Wildman–Crippen MR) is 132 cm³/mol. The second-order valence-electron chi connectivity index (χ2n) is 8.16. The summed E-state index contributed by atoms with van der Waals surface area (Å²) in [5.41, 5.74) is 1.58. The summed E-state index contributed by atoms with van der Waals surface area (Å²) >= 11 is 8.73. The SMILES string of the molecule is CCC(S)CC(=O)Oc1cccc(C(C)(C)c2cccc(OC(=O)CC(S)CC)c2)c1. The number of benzene rings is 2. The summed E-state index contributed by atoms with van der Waals surface area (Å²) in [5.74, 6) is 0.434. The van der Waals surface area contributed by atoms with Gasteiger partial charge in [0.15, 0.2) is 0 Å². The highest BCUT2D eigenvalue weighted by Crippen LogP contribution is 2.35.